The highest BCUT2D eigenvalue weighted by atomic mass is 16.2. The monoisotopic (exact) mass is 313 g/mol. The maximum absolute atomic E-state index is 12.6. The quantitative estimate of drug-likeness (QED) is 0.902. The average Bonchev–Trinajstić information content (AvgIpc) is 3.14. The van der Waals surface area contributed by atoms with Gasteiger partial charge in [-0.25, -0.2) is 4.98 Å². The Morgan fingerprint density at radius 2 is 2.26 bits per heavy atom. The zero-order valence-electron chi connectivity index (χ0n) is 13.2. The summed E-state index contributed by atoms with van der Waals surface area (Å²) in [5, 5.41) is 9.68. The number of nitrogens with zero attached hydrogens (tertiary/aromatic N) is 3. The molecular weight excluding hydrogens is 294 g/mol. The standard InChI is InChI=1S/C16H19N5O2/c1-10-8-18-20-15(10)13-4-6-21(9-13)16(23)12-3-5-17-14(7-12)19-11(2)22/h3,5,7-8,13H,4,6,9H2,1-2H3,(H,18,20)(H,17,19,22)/t13-/m0/s1. The largest absolute Gasteiger partial charge is 0.338 e. The van der Waals surface area contributed by atoms with Crippen LogP contribution in [0.1, 0.15) is 40.9 Å². The van der Waals surface area contributed by atoms with Crippen LogP contribution in [0, 0.1) is 6.92 Å². The molecule has 7 nitrogen and oxygen atoms in total. The summed E-state index contributed by atoms with van der Waals surface area (Å²) in [6.07, 6.45) is 4.26. The van der Waals surface area contributed by atoms with Gasteiger partial charge < -0.3 is 10.2 Å². The molecule has 2 aromatic rings. The van der Waals surface area contributed by atoms with E-state index in [4.69, 9.17) is 0 Å². The predicted molar refractivity (Wildman–Crippen MR) is 85.1 cm³/mol. The number of anilines is 1. The number of hydrogen-bond donors (Lipinski definition) is 2. The third-order valence-corrected chi connectivity index (χ3v) is 4.06. The molecule has 1 aliphatic rings. The zero-order chi connectivity index (χ0) is 16.4. The third-order valence-electron chi connectivity index (χ3n) is 4.06. The number of carbonyl (C=O) groups excluding carboxylic acids is 2. The Labute approximate surface area is 134 Å². The van der Waals surface area contributed by atoms with Gasteiger partial charge in [0, 0.05) is 43.4 Å². The van der Waals surface area contributed by atoms with Gasteiger partial charge in [0.1, 0.15) is 5.82 Å². The van der Waals surface area contributed by atoms with Gasteiger partial charge in [-0.05, 0) is 31.0 Å². The average molecular weight is 313 g/mol. The number of rotatable bonds is 3. The molecule has 2 N–H and O–H groups in total. The molecule has 0 aliphatic carbocycles. The Morgan fingerprint density at radius 3 is 2.96 bits per heavy atom. The molecule has 2 aromatic heterocycles. The van der Waals surface area contributed by atoms with Gasteiger partial charge in [0.05, 0.1) is 6.20 Å². The van der Waals surface area contributed by atoms with Crippen LogP contribution in [0.3, 0.4) is 0 Å². The number of H-pyrrole nitrogens is 1. The second kappa shape index (κ2) is 6.20. The van der Waals surface area contributed by atoms with Crippen LogP contribution in [0.4, 0.5) is 5.82 Å². The van der Waals surface area contributed by atoms with Crippen LogP contribution in [0.25, 0.3) is 0 Å². The second-order valence-corrected chi connectivity index (χ2v) is 5.81. The third kappa shape index (κ3) is 3.23. The number of hydrogen-bond acceptors (Lipinski definition) is 4. The number of nitrogens with one attached hydrogen (secondary N) is 2. The maximum Gasteiger partial charge on any atom is 0.254 e. The number of amides is 2. The molecule has 120 valence electrons. The molecule has 1 aliphatic heterocycles. The first-order valence-electron chi connectivity index (χ1n) is 7.57. The van der Waals surface area contributed by atoms with E-state index in [1.165, 1.54) is 13.1 Å². The molecule has 0 bridgehead atoms. The first-order chi connectivity index (χ1) is 11.0. The van der Waals surface area contributed by atoms with Crippen molar-refractivity contribution < 1.29 is 9.59 Å². The van der Waals surface area contributed by atoms with Crippen molar-refractivity contribution in [2.24, 2.45) is 0 Å². The van der Waals surface area contributed by atoms with E-state index in [9.17, 15) is 9.59 Å². The van der Waals surface area contributed by atoms with E-state index in [1.54, 1.807) is 12.1 Å². The van der Waals surface area contributed by atoms with E-state index >= 15 is 0 Å². The summed E-state index contributed by atoms with van der Waals surface area (Å²) >= 11 is 0. The van der Waals surface area contributed by atoms with Gasteiger partial charge in [-0.15, -0.1) is 0 Å². The van der Waals surface area contributed by atoms with E-state index in [0.29, 0.717) is 24.5 Å². The molecule has 0 unspecified atom stereocenters. The predicted octanol–water partition coefficient (Wildman–Crippen LogP) is 1.70. The first-order valence-corrected chi connectivity index (χ1v) is 7.57. The smallest absolute Gasteiger partial charge is 0.254 e. The minimum absolute atomic E-state index is 0.0429. The first kappa shape index (κ1) is 15.2. The molecule has 2 amide bonds. The van der Waals surface area contributed by atoms with Crippen molar-refractivity contribution >= 4 is 17.6 Å². The minimum Gasteiger partial charge on any atom is -0.338 e. The topological polar surface area (TPSA) is 91.0 Å². The van der Waals surface area contributed by atoms with E-state index in [1.807, 2.05) is 18.0 Å². The molecule has 0 saturated carbocycles. The van der Waals surface area contributed by atoms with Crippen molar-refractivity contribution in [2.75, 3.05) is 18.4 Å². The lowest BCUT2D eigenvalue weighted by molar-refractivity contribution is -0.114. The van der Waals surface area contributed by atoms with Crippen molar-refractivity contribution in [3.05, 3.63) is 41.3 Å². The Hall–Kier alpha value is -2.70. The SMILES string of the molecule is CC(=O)Nc1cc(C(=O)N2CC[C@H](c3[nH]ncc3C)C2)ccn1. The number of aromatic amines is 1. The van der Waals surface area contributed by atoms with Crippen LogP contribution in [-0.2, 0) is 4.79 Å². The Balaban J connectivity index is 1.72. The van der Waals surface area contributed by atoms with Crippen LogP contribution in [0.5, 0.6) is 0 Å². The number of carbonyl (C=O) groups is 2. The van der Waals surface area contributed by atoms with E-state index in [2.05, 4.69) is 20.5 Å². The molecule has 1 atom stereocenters. The highest BCUT2D eigenvalue weighted by Gasteiger charge is 2.29. The lowest BCUT2D eigenvalue weighted by Gasteiger charge is -2.17. The molecule has 0 aromatic carbocycles. The van der Waals surface area contributed by atoms with Crippen molar-refractivity contribution in [3.8, 4) is 0 Å². The molecule has 3 heterocycles. The summed E-state index contributed by atoms with van der Waals surface area (Å²) in [6.45, 7) is 4.80. The van der Waals surface area contributed by atoms with Gasteiger partial charge in [0.15, 0.2) is 0 Å². The fraction of sp³-hybridized carbons (Fsp3) is 0.375. The van der Waals surface area contributed by atoms with Crippen molar-refractivity contribution in [2.45, 2.75) is 26.2 Å². The van der Waals surface area contributed by atoms with E-state index in [-0.39, 0.29) is 17.7 Å². The highest BCUT2D eigenvalue weighted by Crippen LogP contribution is 2.28. The van der Waals surface area contributed by atoms with Crippen LogP contribution in [0.2, 0.25) is 0 Å². The normalized spacial score (nSPS) is 17.3. The van der Waals surface area contributed by atoms with Crippen molar-refractivity contribution in [1.82, 2.24) is 20.1 Å². The fourth-order valence-corrected chi connectivity index (χ4v) is 2.94. The van der Waals surface area contributed by atoms with Gasteiger partial charge in [0.25, 0.3) is 5.91 Å². The highest BCUT2D eigenvalue weighted by molar-refractivity contribution is 5.96. The molecule has 1 fully saturated rings. The molecular formula is C16H19N5O2. The lowest BCUT2D eigenvalue weighted by atomic mass is 10.0. The molecule has 1 saturated heterocycles. The zero-order valence-corrected chi connectivity index (χ0v) is 13.2. The van der Waals surface area contributed by atoms with Crippen LogP contribution in [0.15, 0.2) is 24.5 Å². The van der Waals surface area contributed by atoms with Gasteiger partial charge in [-0.3, -0.25) is 14.7 Å². The van der Waals surface area contributed by atoms with Crippen LogP contribution in [-0.4, -0.2) is 45.0 Å². The Kier molecular flexibility index (Phi) is 4.10. The summed E-state index contributed by atoms with van der Waals surface area (Å²) in [6, 6.07) is 3.28. The molecule has 0 radical (unpaired) electrons. The summed E-state index contributed by atoms with van der Waals surface area (Å²) < 4.78 is 0. The fourth-order valence-electron chi connectivity index (χ4n) is 2.94. The summed E-state index contributed by atoms with van der Waals surface area (Å²) in [5.41, 5.74) is 2.76. The van der Waals surface area contributed by atoms with Crippen molar-refractivity contribution in [1.29, 1.82) is 0 Å². The van der Waals surface area contributed by atoms with Crippen molar-refractivity contribution in [3.63, 3.8) is 0 Å². The molecule has 0 spiro atoms. The Morgan fingerprint density at radius 1 is 1.43 bits per heavy atom. The second-order valence-electron chi connectivity index (χ2n) is 5.81. The van der Waals surface area contributed by atoms with Gasteiger partial charge >= 0.3 is 0 Å². The van der Waals surface area contributed by atoms with Crippen LogP contribution < -0.4 is 5.32 Å². The summed E-state index contributed by atoms with van der Waals surface area (Å²) in [5.74, 6) is 0.429. The summed E-state index contributed by atoms with van der Waals surface area (Å²) in [4.78, 5) is 29.6. The van der Waals surface area contributed by atoms with Gasteiger partial charge in [-0.1, -0.05) is 0 Å². The lowest BCUT2D eigenvalue weighted by Crippen LogP contribution is -2.28. The van der Waals surface area contributed by atoms with E-state index in [0.717, 1.165) is 17.7 Å². The molecule has 7 heteroatoms. The van der Waals surface area contributed by atoms with Gasteiger partial charge in [-0.2, -0.15) is 5.10 Å². The minimum atomic E-state index is -0.210. The Bertz CT molecular complexity index is 740. The number of likely N-dealkylation sites (tertiary alicyclic amines) is 1. The summed E-state index contributed by atoms with van der Waals surface area (Å²) in [7, 11) is 0. The number of pyridine rings is 1. The number of aryl methyl sites for hydroxylation is 1. The van der Waals surface area contributed by atoms with Crippen LogP contribution >= 0.6 is 0 Å². The van der Waals surface area contributed by atoms with Gasteiger partial charge in [0.2, 0.25) is 5.91 Å². The maximum atomic E-state index is 12.6. The molecule has 3 rings (SSSR count). The van der Waals surface area contributed by atoms with E-state index < -0.39 is 0 Å². The molecule has 23 heavy (non-hydrogen) atoms. The number of aromatic nitrogens is 3.